The van der Waals surface area contributed by atoms with E-state index < -0.39 is 0 Å². The summed E-state index contributed by atoms with van der Waals surface area (Å²) in [6.07, 6.45) is 4.72. The number of pyridine rings is 1. The number of amides is 1. The summed E-state index contributed by atoms with van der Waals surface area (Å²) in [6, 6.07) is 8.88. The molecule has 2 aromatic rings. The predicted octanol–water partition coefficient (Wildman–Crippen LogP) is 3.42. The SMILES string of the molecule is CC(C)Oc1ccc(/C=N\NC(=O)c2cccnc2)c(OC(C)C)c1. The Bertz CT molecular complexity index is 728. The summed E-state index contributed by atoms with van der Waals surface area (Å²) in [7, 11) is 0. The van der Waals surface area contributed by atoms with Crippen molar-refractivity contribution in [1.29, 1.82) is 0 Å². The van der Waals surface area contributed by atoms with Crippen LogP contribution in [0, 0.1) is 0 Å². The first kappa shape index (κ1) is 18.4. The van der Waals surface area contributed by atoms with Crippen LogP contribution in [0.2, 0.25) is 0 Å². The van der Waals surface area contributed by atoms with Crippen molar-refractivity contribution in [3.63, 3.8) is 0 Å². The van der Waals surface area contributed by atoms with E-state index in [1.165, 1.54) is 6.20 Å². The van der Waals surface area contributed by atoms with Gasteiger partial charge in [0.2, 0.25) is 0 Å². The van der Waals surface area contributed by atoms with E-state index in [1.807, 2.05) is 45.9 Å². The topological polar surface area (TPSA) is 72.8 Å². The highest BCUT2D eigenvalue weighted by atomic mass is 16.5. The number of carbonyl (C=O) groups is 1. The summed E-state index contributed by atoms with van der Waals surface area (Å²) in [4.78, 5) is 15.9. The number of nitrogens with one attached hydrogen (secondary N) is 1. The normalized spacial score (nSPS) is 11.1. The molecule has 6 heteroatoms. The van der Waals surface area contributed by atoms with E-state index in [0.29, 0.717) is 11.3 Å². The molecule has 0 unspecified atom stereocenters. The van der Waals surface area contributed by atoms with Crippen molar-refractivity contribution in [3.8, 4) is 11.5 Å². The quantitative estimate of drug-likeness (QED) is 0.619. The van der Waals surface area contributed by atoms with Gasteiger partial charge in [-0.2, -0.15) is 5.10 Å². The molecule has 0 atom stereocenters. The number of hydrogen-bond donors (Lipinski definition) is 1. The number of aromatic nitrogens is 1. The number of rotatable bonds is 7. The van der Waals surface area contributed by atoms with Crippen LogP contribution in [0.4, 0.5) is 0 Å². The van der Waals surface area contributed by atoms with Gasteiger partial charge in [0.1, 0.15) is 11.5 Å². The minimum Gasteiger partial charge on any atom is -0.491 e. The van der Waals surface area contributed by atoms with Crippen molar-refractivity contribution in [2.75, 3.05) is 0 Å². The molecule has 0 radical (unpaired) electrons. The lowest BCUT2D eigenvalue weighted by molar-refractivity contribution is 0.0954. The van der Waals surface area contributed by atoms with E-state index in [1.54, 1.807) is 24.5 Å². The van der Waals surface area contributed by atoms with Crippen LogP contribution in [0.15, 0.2) is 47.8 Å². The van der Waals surface area contributed by atoms with Gasteiger partial charge < -0.3 is 9.47 Å². The number of carbonyl (C=O) groups excluding carboxylic acids is 1. The Balaban J connectivity index is 2.12. The molecule has 0 bridgehead atoms. The molecule has 0 fully saturated rings. The highest BCUT2D eigenvalue weighted by Crippen LogP contribution is 2.25. The summed E-state index contributed by atoms with van der Waals surface area (Å²) in [6.45, 7) is 7.82. The number of benzene rings is 1. The van der Waals surface area contributed by atoms with Crippen LogP contribution in [-0.4, -0.2) is 29.3 Å². The lowest BCUT2D eigenvalue weighted by atomic mass is 10.2. The molecule has 0 spiro atoms. The number of hydrazone groups is 1. The van der Waals surface area contributed by atoms with Gasteiger partial charge in [0.05, 0.1) is 24.0 Å². The van der Waals surface area contributed by atoms with Crippen molar-refractivity contribution in [1.82, 2.24) is 10.4 Å². The third-order valence-electron chi connectivity index (χ3n) is 3.01. The second-order valence-electron chi connectivity index (χ2n) is 5.97. The molecule has 6 nitrogen and oxygen atoms in total. The third kappa shape index (κ3) is 5.91. The monoisotopic (exact) mass is 341 g/mol. The van der Waals surface area contributed by atoms with Gasteiger partial charge in [0.25, 0.3) is 5.91 Å². The fraction of sp³-hybridized carbons (Fsp3) is 0.316. The highest BCUT2D eigenvalue weighted by molar-refractivity contribution is 5.94. The van der Waals surface area contributed by atoms with Gasteiger partial charge in [-0.15, -0.1) is 0 Å². The molecule has 0 aliphatic heterocycles. The predicted molar refractivity (Wildman–Crippen MR) is 97.3 cm³/mol. The van der Waals surface area contributed by atoms with Gasteiger partial charge in [0.15, 0.2) is 0 Å². The molecule has 1 heterocycles. The lowest BCUT2D eigenvalue weighted by Gasteiger charge is -2.15. The van der Waals surface area contributed by atoms with E-state index in [4.69, 9.17) is 9.47 Å². The van der Waals surface area contributed by atoms with Crippen LogP contribution in [0.5, 0.6) is 11.5 Å². The Morgan fingerprint density at radius 2 is 1.92 bits per heavy atom. The zero-order valence-electron chi connectivity index (χ0n) is 14.9. The van der Waals surface area contributed by atoms with Crippen molar-refractivity contribution in [2.24, 2.45) is 5.10 Å². The second-order valence-corrected chi connectivity index (χ2v) is 5.97. The molecule has 0 saturated carbocycles. The number of hydrogen-bond acceptors (Lipinski definition) is 5. The van der Waals surface area contributed by atoms with E-state index in [2.05, 4.69) is 15.5 Å². The molecular weight excluding hydrogens is 318 g/mol. The minimum absolute atomic E-state index is 0.00596. The van der Waals surface area contributed by atoms with Crippen molar-refractivity contribution in [2.45, 2.75) is 39.9 Å². The average molecular weight is 341 g/mol. The van der Waals surface area contributed by atoms with Crippen LogP contribution >= 0.6 is 0 Å². The van der Waals surface area contributed by atoms with E-state index in [-0.39, 0.29) is 18.1 Å². The second kappa shape index (κ2) is 8.82. The average Bonchev–Trinajstić information content (AvgIpc) is 2.56. The maximum Gasteiger partial charge on any atom is 0.272 e. The van der Waals surface area contributed by atoms with Crippen LogP contribution < -0.4 is 14.9 Å². The number of nitrogens with zero attached hydrogens (tertiary/aromatic N) is 2. The van der Waals surface area contributed by atoms with Gasteiger partial charge >= 0.3 is 0 Å². The maximum absolute atomic E-state index is 12.0. The molecule has 0 saturated heterocycles. The summed E-state index contributed by atoms with van der Waals surface area (Å²) >= 11 is 0. The fourth-order valence-electron chi connectivity index (χ4n) is 2.04. The van der Waals surface area contributed by atoms with Crippen LogP contribution in [0.3, 0.4) is 0 Å². The molecule has 132 valence electrons. The molecule has 25 heavy (non-hydrogen) atoms. The molecule has 1 aromatic carbocycles. The van der Waals surface area contributed by atoms with Gasteiger partial charge in [-0.25, -0.2) is 5.43 Å². The summed E-state index contributed by atoms with van der Waals surface area (Å²) < 4.78 is 11.5. The van der Waals surface area contributed by atoms with Gasteiger partial charge in [-0.05, 0) is 52.0 Å². The molecule has 0 aliphatic carbocycles. The summed E-state index contributed by atoms with van der Waals surface area (Å²) in [5, 5.41) is 4.00. The molecule has 1 N–H and O–H groups in total. The van der Waals surface area contributed by atoms with E-state index in [0.717, 1.165) is 11.3 Å². The van der Waals surface area contributed by atoms with Crippen molar-refractivity contribution in [3.05, 3.63) is 53.9 Å². The molecular formula is C19H23N3O3. The Kier molecular flexibility index (Phi) is 6.51. The van der Waals surface area contributed by atoms with Crippen molar-refractivity contribution < 1.29 is 14.3 Å². The number of ether oxygens (including phenoxy) is 2. The van der Waals surface area contributed by atoms with Gasteiger partial charge in [-0.1, -0.05) is 0 Å². The summed E-state index contributed by atoms with van der Waals surface area (Å²) in [5.41, 5.74) is 3.67. The minimum atomic E-state index is -0.324. The standard InChI is InChI=1S/C19H23N3O3/c1-13(2)24-17-8-7-15(18(10-17)25-14(3)4)12-21-22-19(23)16-6-5-9-20-11-16/h5-14H,1-4H3,(H,22,23)/b21-12-. The molecule has 2 rings (SSSR count). The van der Waals surface area contributed by atoms with Gasteiger partial charge in [0, 0.05) is 24.0 Å². The first-order chi connectivity index (χ1) is 12.0. The third-order valence-corrected chi connectivity index (χ3v) is 3.01. The Hall–Kier alpha value is -2.89. The lowest BCUT2D eigenvalue weighted by Crippen LogP contribution is -2.17. The summed E-state index contributed by atoms with van der Waals surface area (Å²) in [5.74, 6) is 1.05. The van der Waals surface area contributed by atoms with Gasteiger partial charge in [-0.3, -0.25) is 9.78 Å². The smallest absolute Gasteiger partial charge is 0.272 e. The molecule has 1 amide bonds. The Labute approximate surface area is 147 Å². The van der Waals surface area contributed by atoms with Crippen LogP contribution in [0.1, 0.15) is 43.6 Å². The highest BCUT2D eigenvalue weighted by Gasteiger charge is 2.08. The van der Waals surface area contributed by atoms with E-state index >= 15 is 0 Å². The first-order valence-electron chi connectivity index (χ1n) is 8.16. The fourth-order valence-corrected chi connectivity index (χ4v) is 2.04. The molecule has 1 aromatic heterocycles. The zero-order valence-corrected chi connectivity index (χ0v) is 14.9. The molecule has 0 aliphatic rings. The Morgan fingerprint density at radius 1 is 1.16 bits per heavy atom. The van der Waals surface area contributed by atoms with Crippen LogP contribution in [-0.2, 0) is 0 Å². The zero-order chi connectivity index (χ0) is 18.2. The largest absolute Gasteiger partial charge is 0.491 e. The van der Waals surface area contributed by atoms with E-state index in [9.17, 15) is 4.79 Å². The van der Waals surface area contributed by atoms with Crippen LogP contribution in [0.25, 0.3) is 0 Å². The first-order valence-corrected chi connectivity index (χ1v) is 8.16. The van der Waals surface area contributed by atoms with Crippen molar-refractivity contribution >= 4 is 12.1 Å². The Morgan fingerprint density at radius 3 is 2.56 bits per heavy atom. The maximum atomic E-state index is 12.0.